The third kappa shape index (κ3) is 16.7. The van der Waals surface area contributed by atoms with Gasteiger partial charge in [-0.15, -0.1) is 0 Å². The van der Waals surface area contributed by atoms with Gasteiger partial charge in [0.1, 0.15) is 171 Å². The lowest BCUT2D eigenvalue weighted by Gasteiger charge is -2.51. The molecule has 43 heteroatoms. The number of aliphatic carboxylic acids is 1. The summed E-state index contributed by atoms with van der Waals surface area (Å²) >= 11 is 0. The lowest BCUT2D eigenvalue weighted by atomic mass is 9.88. The molecule has 94 heavy (non-hydrogen) atoms. The number of carbonyl (C=O) groups excluding carboxylic acids is 3. The Hall–Kier alpha value is -3.52. The molecule has 7 aliphatic rings. The Labute approximate surface area is 530 Å². The van der Waals surface area contributed by atoms with E-state index in [1.165, 1.54) is 0 Å². The first-order valence-electron chi connectivity index (χ1n) is 29.4. The topological polar surface area (TPSA) is 690 Å². The maximum absolute atomic E-state index is 13.1. The number of aliphatic hydroxyl groups excluding tert-OH is 22. The summed E-state index contributed by atoms with van der Waals surface area (Å²) in [7, 11) is 0. The van der Waals surface area contributed by atoms with E-state index in [4.69, 9.17) is 61.6 Å². The number of carbonyl (C=O) groups is 4. The average molecular weight is 1380 g/mol. The Bertz CT molecular complexity index is 2430. The summed E-state index contributed by atoms with van der Waals surface area (Å²) < 4.78 is 74.4. The van der Waals surface area contributed by atoms with Crippen molar-refractivity contribution in [1.29, 1.82) is 0 Å². The van der Waals surface area contributed by atoms with Crippen LogP contribution in [-0.2, 0) is 80.8 Å². The summed E-state index contributed by atoms with van der Waals surface area (Å²) in [6.07, 6.45) is -67.9. The number of carboxylic acids is 1. The van der Waals surface area contributed by atoms with Crippen molar-refractivity contribution in [2.24, 2.45) is 0 Å². The van der Waals surface area contributed by atoms with Gasteiger partial charge in [-0.25, -0.2) is 4.79 Å². The maximum Gasteiger partial charge on any atom is 0.364 e. The fourth-order valence-corrected chi connectivity index (χ4v) is 11.9. The number of rotatable bonds is 26. The largest absolute Gasteiger partial charge is 0.477 e. The van der Waals surface area contributed by atoms with Crippen LogP contribution in [0.4, 0.5) is 0 Å². The van der Waals surface area contributed by atoms with Gasteiger partial charge < -0.3 is 195 Å². The second-order valence-electron chi connectivity index (χ2n) is 23.2. The normalized spacial score (nSPS) is 46.8. The lowest BCUT2D eigenvalue weighted by Crippen LogP contribution is -2.71. The first kappa shape index (κ1) is 77.8. The molecule has 43 nitrogen and oxygen atoms in total. The van der Waals surface area contributed by atoms with Crippen LogP contribution >= 0.6 is 0 Å². The van der Waals surface area contributed by atoms with E-state index in [1.54, 1.807) is 0 Å². The number of ether oxygens (including phenoxy) is 13. The fraction of sp³-hybridized carbons (Fsp3) is 0.922. The Balaban J connectivity index is 1.10. The first-order chi connectivity index (χ1) is 44.4. The van der Waals surface area contributed by atoms with Crippen LogP contribution in [0, 0.1) is 0 Å². The molecule has 26 N–H and O–H groups in total. The van der Waals surface area contributed by atoms with E-state index in [-0.39, 0.29) is 0 Å². The lowest BCUT2D eigenvalue weighted by molar-refractivity contribution is -0.391. The summed E-state index contributed by atoms with van der Waals surface area (Å²) in [5, 5.41) is 255. The number of aliphatic hydroxyl groups is 22. The molecule has 0 saturated carbocycles. The molecule has 0 aromatic heterocycles. The summed E-state index contributed by atoms with van der Waals surface area (Å²) in [6, 6.07) is -5.68. The monoisotopic (exact) mass is 1380 g/mol. The van der Waals surface area contributed by atoms with Gasteiger partial charge in [0.15, 0.2) is 37.7 Å². The van der Waals surface area contributed by atoms with E-state index < -0.39 is 303 Å². The van der Waals surface area contributed by atoms with Gasteiger partial charge >= 0.3 is 5.97 Å². The molecular formula is C51H85N3O40. The highest BCUT2D eigenvalue weighted by Gasteiger charge is 2.62. The first-order valence-corrected chi connectivity index (χ1v) is 29.4. The molecule has 1 unspecified atom stereocenters. The van der Waals surface area contributed by atoms with Gasteiger partial charge in [0, 0.05) is 20.3 Å². The van der Waals surface area contributed by atoms with Crippen molar-refractivity contribution in [3.05, 3.63) is 0 Å². The molecule has 0 bridgehead atoms. The zero-order valence-electron chi connectivity index (χ0n) is 49.8. The molecule has 544 valence electrons. The number of nitrogens with one attached hydrogen (secondary N) is 3. The summed E-state index contributed by atoms with van der Waals surface area (Å²) in [4.78, 5) is 50.8. The maximum atomic E-state index is 13.1. The third-order valence-corrected chi connectivity index (χ3v) is 16.8. The molecule has 3 amide bonds. The van der Waals surface area contributed by atoms with Crippen LogP contribution in [0.2, 0.25) is 0 Å². The second-order valence-corrected chi connectivity index (χ2v) is 23.2. The Kier molecular flexibility index (Phi) is 27.8. The molecular weight excluding hydrogens is 1290 g/mol. The number of hydrogen-bond donors (Lipinski definition) is 26. The Morgan fingerprint density at radius 1 is 0.436 bits per heavy atom. The van der Waals surface area contributed by atoms with Crippen LogP contribution in [0.15, 0.2) is 0 Å². The van der Waals surface area contributed by atoms with Crippen LogP contribution in [0.25, 0.3) is 0 Å². The average Bonchev–Trinajstić information content (AvgIpc) is 0.766. The van der Waals surface area contributed by atoms with Crippen molar-refractivity contribution >= 4 is 23.7 Å². The fourth-order valence-electron chi connectivity index (χ4n) is 11.9. The van der Waals surface area contributed by atoms with E-state index in [9.17, 15) is 137 Å². The molecule has 7 saturated heterocycles. The van der Waals surface area contributed by atoms with Crippen LogP contribution in [0.5, 0.6) is 0 Å². The SMILES string of the molecule is CC(=O)N[C@H]1[C@H](O[C@H]2[C@@H](O)[C@@H](CO)O[C@@H](O[C@H]3[C@H](O)[C@@H](NC(C)=O)[C@H](O[C@H]4[C@@H](O)[C@@H](CO)O[C@@H](O[C@H]5[C@H](O)[C@@H](O)C(O)O[C@@H]5CO)[C@@H]4O)O[C@@H]3CO)[C@@H]2O)O[C@H](CO)[C@@H](O[C@@H]2O[C@H](CO)[C@H](O)[C@H](O[C@]3(C(=O)O)C[C@H](O)[C@@H](NC(=O)CO)[C@H]([C@H](O)[C@H](O)CO)O3)[C@H]2O)[C@@H]1O. The summed E-state index contributed by atoms with van der Waals surface area (Å²) in [5.41, 5.74) is 0. The molecule has 0 aliphatic carbocycles. The summed E-state index contributed by atoms with van der Waals surface area (Å²) in [6.45, 7) is -7.13. The van der Waals surface area contributed by atoms with Crippen molar-refractivity contribution in [3.8, 4) is 0 Å². The van der Waals surface area contributed by atoms with Gasteiger partial charge in [0.05, 0.1) is 58.4 Å². The zero-order valence-corrected chi connectivity index (χ0v) is 49.8. The van der Waals surface area contributed by atoms with Crippen molar-refractivity contribution in [2.75, 3.05) is 52.9 Å². The van der Waals surface area contributed by atoms with Gasteiger partial charge in [-0.3, -0.25) is 14.4 Å². The standard InChI is InChI=1S/C51H85N3O40/c1-12(63)52-24-30(72)37(20(9-60)86-45(24)92-42-28(70)17(6-57)84-48(35(42)77)90-39-19(8-59)82-44(79)33(75)32(39)74)88-47-34(76)41(27(69)16(5-56)83-47)91-46-25(53-13(2)64)31(73)38(21(10-61)87-46)89-49-36(78)43(29(71)18(7-58)85-49)94-51(50(80)81)3-14(65)23(54-22(67)11-62)40(93-51)26(68)15(66)4-55/h14-21,23-49,55-62,65-66,68-79H,3-11H2,1-2H3,(H,52,63)(H,53,64)(H,54,67)(H,80,81)/t14-,15+,16+,17+,18+,19+,20+,21+,23+,24+,25+,26+,27-,28-,29-,30+,31+,32+,33+,34+,35+,36+,37+,38+,39+,40+,41-,42-,43-,44?,45-,46-,47-,48-,49-,51-/m0/s1. The van der Waals surface area contributed by atoms with E-state index in [0.29, 0.717) is 0 Å². The molecule has 0 radical (unpaired) electrons. The van der Waals surface area contributed by atoms with Crippen molar-refractivity contribution in [1.82, 2.24) is 16.0 Å². The van der Waals surface area contributed by atoms with Gasteiger partial charge in [0.25, 0.3) is 5.79 Å². The quantitative estimate of drug-likeness (QED) is 0.0382. The molecule has 7 rings (SSSR count). The highest BCUT2D eigenvalue weighted by Crippen LogP contribution is 2.41. The molecule has 7 aliphatic heterocycles. The van der Waals surface area contributed by atoms with Crippen LogP contribution in [0.1, 0.15) is 20.3 Å². The number of amides is 3. The second kappa shape index (κ2) is 33.6. The Morgan fingerprint density at radius 3 is 1.17 bits per heavy atom. The number of hydrogen-bond acceptors (Lipinski definition) is 39. The minimum Gasteiger partial charge on any atom is -0.477 e. The number of carboxylic acid groups (broad SMARTS) is 1. The van der Waals surface area contributed by atoms with Gasteiger partial charge in [-0.05, 0) is 0 Å². The van der Waals surface area contributed by atoms with E-state index >= 15 is 0 Å². The van der Waals surface area contributed by atoms with Gasteiger partial charge in [0.2, 0.25) is 17.7 Å². The molecule has 7 heterocycles. The molecule has 0 aromatic carbocycles. The predicted octanol–water partition coefficient (Wildman–Crippen LogP) is -17.7. The van der Waals surface area contributed by atoms with Gasteiger partial charge in [-0.2, -0.15) is 0 Å². The smallest absolute Gasteiger partial charge is 0.364 e. The highest BCUT2D eigenvalue weighted by atomic mass is 16.8. The molecule has 36 atom stereocenters. The van der Waals surface area contributed by atoms with Crippen molar-refractivity contribution < 1.29 is 198 Å². The Morgan fingerprint density at radius 2 is 0.798 bits per heavy atom. The minimum absolute atomic E-state index is 0.914. The zero-order chi connectivity index (χ0) is 69.7. The van der Waals surface area contributed by atoms with Crippen LogP contribution in [-0.4, -0.2) is 414 Å². The summed E-state index contributed by atoms with van der Waals surface area (Å²) in [5.74, 6) is -8.52. The molecule has 0 aromatic rings. The van der Waals surface area contributed by atoms with E-state index in [1.807, 2.05) is 0 Å². The van der Waals surface area contributed by atoms with Crippen LogP contribution < -0.4 is 16.0 Å². The predicted molar refractivity (Wildman–Crippen MR) is 285 cm³/mol. The minimum atomic E-state index is -3.29. The molecule has 0 spiro atoms. The van der Waals surface area contributed by atoms with Crippen molar-refractivity contribution in [3.63, 3.8) is 0 Å². The van der Waals surface area contributed by atoms with E-state index in [2.05, 4.69) is 16.0 Å². The van der Waals surface area contributed by atoms with Gasteiger partial charge in [-0.1, -0.05) is 0 Å². The third-order valence-electron chi connectivity index (χ3n) is 16.8. The van der Waals surface area contributed by atoms with Crippen LogP contribution in [0.3, 0.4) is 0 Å². The highest BCUT2D eigenvalue weighted by molar-refractivity contribution is 5.78. The van der Waals surface area contributed by atoms with E-state index in [0.717, 1.165) is 13.8 Å². The molecule has 7 fully saturated rings. The van der Waals surface area contributed by atoms with Crippen molar-refractivity contribution in [2.45, 2.75) is 241 Å².